The molecule has 60 valence electrons. The van der Waals surface area contributed by atoms with Crippen molar-refractivity contribution in [1.29, 1.82) is 0 Å². The molecule has 2 rings (SSSR count). The molecule has 0 amide bonds. The smallest absolute Gasteiger partial charge is 0.117 e. The molecular weight excluding hydrogens is 140 g/mol. The van der Waals surface area contributed by atoms with Gasteiger partial charge in [-0.25, -0.2) is 0 Å². The van der Waals surface area contributed by atoms with Gasteiger partial charge in [-0.1, -0.05) is 13.2 Å². The topological polar surface area (TPSA) is 29.5 Å². The summed E-state index contributed by atoms with van der Waals surface area (Å²) in [5.74, 6) is 0. The third-order valence-electron chi connectivity index (χ3n) is 2.76. The lowest BCUT2D eigenvalue weighted by molar-refractivity contribution is -0.00767. The molecule has 0 radical (unpaired) electrons. The van der Waals surface area contributed by atoms with Crippen LogP contribution in [0.15, 0.2) is 24.3 Å². The lowest BCUT2D eigenvalue weighted by Gasteiger charge is -2.23. The van der Waals surface area contributed by atoms with Crippen molar-refractivity contribution in [1.82, 2.24) is 0 Å². The minimum Gasteiger partial charge on any atom is -0.393 e. The monoisotopic (exact) mass is 152 g/mol. The van der Waals surface area contributed by atoms with Crippen LogP contribution in [0.3, 0.4) is 0 Å². The van der Waals surface area contributed by atoms with E-state index in [1.807, 2.05) is 0 Å². The molecule has 0 aromatic carbocycles. The Morgan fingerprint density at radius 3 is 2.73 bits per heavy atom. The molecule has 2 aliphatic heterocycles. The molecule has 0 spiro atoms. The van der Waals surface area contributed by atoms with Crippen molar-refractivity contribution in [3.05, 3.63) is 24.3 Å². The lowest BCUT2D eigenvalue weighted by atomic mass is 9.82. The van der Waals surface area contributed by atoms with Crippen LogP contribution < -0.4 is 0 Å². The fourth-order valence-corrected chi connectivity index (χ4v) is 1.92. The van der Waals surface area contributed by atoms with Gasteiger partial charge in [0.25, 0.3) is 0 Å². The van der Waals surface area contributed by atoms with Crippen molar-refractivity contribution in [3.8, 4) is 0 Å². The quantitative estimate of drug-likeness (QED) is 0.608. The van der Waals surface area contributed by atoms with E-state index in [0.29, 0.717) is 0 Å². The van der Waals surface area contributed by atoms with Crippen LogP contribution in [0.5, 0.6) is 0 Å². The molecule has 0 saturated carbocycles. The molecule has 2 aliphatic rings. The van der Waals surface area contributed by atoms with Gasteiger partial charge >= 0.3 is 0 Å². The Morgan fingerprint density at radius 1 is 1.64 bits per heavy atom. The van der Waals surface area contributed by atoms with E-state index in [-0.39, 0.29) is 12.7 Å². The normalized spacial score (nSPS) is 42.1. The maximum Gasteiger partial charge on any atom is 0.117 e. The maximum absolute atomic E-state index is 9.10. The van der Waals surface area contributed by atoms with Crippen LogP contribution in [0.4, 0.5) is 0 Å². The van der Waals surface area contributed by atoms with Gasteiger partial charge in [-0.05, 0) is 24.0 Å². The first-order valence-electron chi connectivity index (χ1n) is 3.87. The van der Waals surface area contributed by atoms with E-state index in [9.17, 15) is 0 Å². The molecule has 2 bridgehead atoms. The molecule has 2 unspecified atom stereocenters. The molecule has 2 saturated heterocycles. The first-order valence-corrected chi connectivity index (χ1v) is 3.87. The van der Waals surface area contributed by atoms with Gasteiger partial charge in [0.2, 0.25) is 0 Å². The highest BCUT2D eigenvalue weighted by Gasteiger charge is 2.50. The van der Waals surface area contributed by atoms with Crippen LogP contribution in [0.1, 0.15) is 12.8 Å². The molecule has 2 fully saturated rings. The number of ether oxygens (including phenoxy) is 1. The predicted molar refractivity (Wildman–Crippen MR) is 42.2 cm³/mol. The first kappa shape index (κ1) is 7.07. The van der Waals surface area contributed by atoms with Crippen molar-refractivity contribution in [2.45, 2.75) is 24.5 Å². The summed E-state index contributed by atoms with van der Waals surface area (Å²) in [6.07, 6.45) is 2.01. The van der Waals surface area contributed by atoms with E-state index in [0.717, 1.165) is 24.0 Å². The second kappa shape index (κ2) is 1.96. The molecular formula is C9H12O2. The van der Waals surface area contributed by atoms with Gasteiger partial charge in [-0.2, -0.15) is 0 Å². The SMILES string of the molecule is C=C1C(=C)C2(CO)CCC1O2. The molecule has 2 atom stereocenters. The average molecular weight is 152 g/mol. The Kier molecular flexibility index (Phi) is 1.26. The van der Waals surface area contributed by atoms with E-state index in [1.54, 1.807) is 0 Å². The molecule has 2 heterocycles. The second-order valence-corrected chi connectivity index (χ2v) is 3.30. The van der Waals surface area contributed by atoms with Crippen molar-refractivity contribution < 1.29 is 9.84 Å². The Bertz CT molecular complexity index is 232. The van der Waals surface area contributed by atoms with Crippen LogP contribution in [0.2, 0.25) is 0 Å². The zero-order valence-electron chi connectivity index (χ0n) is 6.47. The zero-order chi connectivity index (χ0) is 8.06. The Hall–Kier alpha value is -0.600. The van der Waals surface area contributed by atoms with Gasteiger partial charge in [-0.3, -0.25) is 0 Å². The molecule has 11 heavy (non-hydrogen) atoms. The van der Waals surface area contributed by atoms with Crippen LogP contribution in [-0.4, -0.2) is 23.4 Å². The van der Waals surface area contributed by atoms with Crippen LogP contribution in [0.25, 0.3) is 0 Å². The van der Waals surface area contributed by atoms with Crippen molar-refractivity contribution in [2.24, 2.45) is 0 Å². The summed E-state index contributed by atoms with van der Waals surface area (Å²) in [7, 11) is 0. The summed E-state index contributed by atoms with van der Waals surface area (Å²) in [5.41, 5.74) is 1.42. The van der Waals surface area contributed by atoms with Gasteiger partial charge in [-0.15, -0.1) is 0 Å². The maximum atomic E-state index is 9.10. The summed E-state index contributed by atoms with van der Waals surface area (Å²) in [6.45, 7) is 7.79. The Morgan fingerprint density at radius 2 is 2.36 bits per heavy atom. The zero-order valence-corrected chi connectivity index (χ0v) is 6.47. The fourth-order valence-electron chi connectivity index (χ4n) is 1.92. The third-order valence-corrected chi connectivity index (χ3v) is 2.76. The minimum absolute atomic E-state index is 0.0430. The summed E-state index contributed by atoms with van der Waals surface area (Å²) >= 11 is 0. The van der Waals surface area contributed by atoms with Crippen LogP contribution in [0, 0.1) is 0 Å². The van der Waals surface area contributed by atoms with E-state index in [1.165, 1.54) is 0 Å². The molecule has 2 heteroatoms. The van der Waals surface area contributed by atoms with Gasteiger partial charge < -0.3 is 9.84 Å². The van der Waals surface area contributed by atoms with Gasteiger partial charge in [0.05, 0.1) is 12.7 Å². The fraction of sp³-hybridized carbons (Fsp3) is 0.556. The Balaban J connectivity index is 2.38. The first-order chi connectivity index (χ1) is 5.19. The van der Waals surface area contributed by atoms with E-state index in [4.69, 9.17) is 9.84 Å². The molecule has 0 aromatic heterocycles. The van der Waals surface area contributed by atoms with Gasteiger partial charge in [0.1, 0.15) is 5.60 Å². The second-order valence-electron chi connectivity index (χ2n) is 3.30. The van der Waals surface area contributed by atoms with Crippen molar-refractivity contribution in [3.63, 3.8) is 0 Å². The van der Waals surface area contributed by atoms with Crippen molar-refractivity contribution in [2.75, 3.05) is 6.61 Å². The molecule has 1 N–H and O–H groups in total. The summed E-state index contributed by atoms with van der Waals surface area (Å²) in [5, 5.41) is 9.10. The number of rotatable bonds is 1. The van der Waals surface area contributed by atoms with E-state index >= 15 is 0 Å². The highest BCUT2D eigenvalue weighted by molar-refractivity contribution is 5.44. The largest absolute Gasteiger partial charge is 0.393 e. The standard InChI is InChI=1S/C9H12O2/c1-6-7(2)9(5-10)4-3-8(6)11-9/h8,10H,1-5H2. The summed E-state index contributed by atoms with van der Waals surface area (Å²) < 4.78 is 5.58. The predicted octanol–water partition coefficient (Wildman–Crippen LogP) is 1.02. The van der Waals surface area contributed by atoms with E-state index in [2.05, 4.69) is 13.2 Å². The van der Waals surface area contributed by atoms with Gasteiger partial charge in [0, 0.05) is 0 Å². The summed E-state index contributed by atoms with van der Waals surface area (Å²) in [6, 6.07) is 0. The summed E-state index contributed by atoms with van der Waals surface area (Å²) in [4.78, 5) is 0. The van der Waals surface area contributed by atoms with Crippen LogP contribution in [-0.2, 0) is 4.74 Å². The van der Waals surface area contributed by atoms with Crippen molar-refractivity contribution >= 4 is 0 Å². The number of hydrogen-bond acceptors (Lipinski definition) is 2. The third kappa shape index (κ3) is 0.686. The highest BCUT2D eigenvalue weighted by atomic mass is 16.5. The Labute approximate surface area is 66.2 Å². The molecule has 0 aromatic rings. The van der Waals surface area contributed by atoms with E-state index < -0.39 is 5.60 Å². The number of fused-ring (bicyclic) bond motifs is 2. The van der Waals surface area contributed by atoms with Crippen LogP contribution >= 0.6 is 0 Å². The molecule has 0 aliphatic carbocycles. The minimum atomic E-state index is -0.457. The number of aliphatic hydroxyl groups is 1. The average Bonchev–Trinajstić information content (AvgIpc) is 2.53. The molecule has 2 nitrogen and oxygen atoms in total. The highest BCUT2D eigenvalue weighted by Crippen LogP contribution is 2.48. The number of aliphatic hydroxyl groups excluding tert-OH is 1. The van der Waals surface area contributed by atoms with Gasteiger partial charge in [0.15, 0.2) is 0 Å². The number of hydrogen-bond donors (Lipinski definition) is 1. The lowest BCUT2D eigenvalue weighted by Crippen LogP contribution is -2.31.